The van der Waals surface area contributed by atoms with Gasteiger partial charge in [-0.25, -0.2) is 0 Å². The normalized spacial score (nSPS) is 11.3. The van der Waals surface area contributed by atoms with Gasteiger partial charge in [0.05, 0.1) is 22.4 Å². The molecule has 0 N–H and O–H groups in total. The fourth-order valence-corrected chi connectivity index (χ4v) is 9.64. The summed E-state index contributed by atoms with van der Waals surface area (Å²) in [7, 11) is 0. The van der Waals surface area contributed by atoms with E-state index in [0.29, 0.717) is 0 Å². The van der Waals surface area contributed by atoms with E-state index in [1.54, 1.807) is 0 Å². The van der Waals surface area contributed by atoms with Crippen molar-refractivity contribution in [2.45, 2.75) is 0 Å². The lowest BCUT2D eigenvalue weighted by Gasteiger charge is -2.35. The van der Waals surface area contributed by atoms with Crippen LogP contribution in [0.4, 0.5) is 34.1 Å². The zero-order valence-electron chi connectivity index (χ0n) is 36.7. The molecule has 0 fully saturated rings. The summed E-state index contributed by atoms with van der Waals surface area (Å²) in [6.07, 6.45) is 0. The molecule has 0 saturated heterocycles. The van der Waals surface area contributed by atoms with Gasteiger partial charge in [-0.15, -0.1) is 0 Å². The largest absolute Gasteiger partial charge is 0.455 e. The van der Waals surface area contributed by atoms with Crippen LogP contribution in [-0.2, 0) is 0 Å². The van der Waals surface area contributed by atoms with Crippen molar-refractivity contribution < 1.29 is 4.42 Å². The molecule has 11 aromatic carbocycles. The molecular formula is C64H44N2O. The summed E-state index contributed by atoms with van der Waals surface area (Å²) in [6, 6.07) is 95.6. The predicted octanol–water partition coefficient (Wildman–Crippen LogP) is 18.3. The van der Waals surface area contributed by atoms with Crippen LogP contribution in [0.3, 0.4) is 0 Å². The highest BCUT2D eigenvalue weighted by Gasteiger charge is 2.29. The lowest BCUT2D eigenvalue weighted by Crippen LogP contribution is -2.18. The third-order valence-electron chi connectivity index (χ3n) is 12.9. The average Bonchev–Trinajstić information content (AvgIpc) is 3.81. The van der Waals surface area contributed by atoms with E-state index in [1.165, 1.54) is 11.1 Å². The standard InChI is InChI=1S/C64H44N2O/c1-5-18-45(19-6-1)48-32-37-53(38-33-48)65(55-28-17-27-52(44-55)47-22-9-3-10-23-47)63-60(42-43-61-62(63)58-41-36-51-26-13-14-30-57(51)64(58)67-61)66(54-39-34-49(35-40-54)46-20-7-2-8-21-46)59-31-16-15-29-56(59)50-24-11-4-12-25-50/h1-44H. The summed E-state index contributed by atoms with van der Waals surface area (Å²) in [4.78, 5) is 4.89. The zero-order valence-corrected chi connectivity index (χ0v) is 36.7. The van der Waals surface area contributed by atoms with Crippen molar-refractivity contribution in [1.29, 1.82) is 0 Å². The van der Waals surface area contributed by atoms with Gasteiger partial charge in [0.2, 0.25) is 0 Å². The van der Waals surface area contributed by atoms with Crippen LogP contribution in [0.2, 0.25) is 0 Å². The monoisotopic (exact) mass is 856 g/mol. The minimum atomic E-state index is 0.811. The van der Waals surface area contributed by atoms with Crippen molar-refractivity contribution in [1.82, 2.24) is 0 Å². The lowest BCUT2D eigenvalue weighted by atomic mass is 9.98. The summed E-state index contributed by atoms with van der Waals surface area (Å²) in [5, 5.41) is 4.29. The molecule has 3 heteroatoms. The van der Waals surface area contributed by atoms with Gasteiger partial charge in [-0.2, -0.15) is 0 Å². The number of anilines is 6. The molecule has 3 nitrogen and oxygen atoms in total. The number of para-hydroxylation sites is 1. The molecule has 12 aromatic rings. The third-order valence-corrected chi connectivity index (χ3v) is 12.9. The minimum absolute atomic E-state index is 0.811. The quantitative estimate of drug-likeness (QED) is 0.137. The lowest BCUT2D eigenvalue weighted by molar-refractivity contribution is 0.672. The van der Waals surface area contributed by atoms with Gasteiger partial charge in [0.15, 0.2) is 0 Å². The van der Waals surface area contributed by atoms with Gasteiger partial charge in [-0.1, -0.05) is 206 Å². The number of nitrogens with zero attached hydrogens (tertiary/aromatic N) is 2. The summed E-state index contributed by atoms with van der Waals surface area (Å²) in [5.41, 5.74) is 17.0. The second kappa shape index (κ2) is 17.2. The Morgan fingerprint density at radius 3 is 1.43 bits per heavy atom. The molecule has 316 valence electrons. The van der Waals surface area contributed by atoms with Crippen LogP contribution in [0, 0.1) is 0 Å². The molecule has 1 aromatic heterocycles. The second-order valence-electron chi connectivity index (χ2n) is 16.9. The first-order chi connectivity index (χ1) is 33.2. The first-order valence-electron chi connectivity index (χ1n) is 22.8. The molecule has 0 aliphatic carbocycles. The third kappa shape index (κ3) is 7.39. The number of hydrogen-bond acceptors (Lipinski definition) is 3. The Hall–Kier alpha value is -8.92. The van der Waals surface area contributed by atoms with E-state index >= 15 is 0 Å². The Labute approximate surface area is 390 Å². The van der Waals surface area contributed by atoms with Gasteiger partial charge >= 0.3 is 0 Å². The minimum Gasteiger partial charge on any atom is -0.455 e. The number of benzene rings is 11. The number of rotatable bonds is 10. The molecule has 0 aliphatic heterocycles. The molecule has 0 saturated carbocycles. The molecule has 0 atom stereocenters. The average molecular weight is 857 g/mol. The number of fused-ring (bicyclic) bond motifs is 5. The Morgan fingerprint density at radius 1 is 0.284 bits per heavy atom. The molecule has 0 unspecified atom stereocenters. The van der Waals surface area contributed by atoms with E-state index in [4.69, 9.17) is 4.42 Å². The van der Waals surface area contributed by atoms with Gasteiger partial charge in [0.25, 0.3) is 0 Å². The van der Waals surface area contributed by atoms with Gasteiger partial charge in [-0.3, -0.25) is 0 Å². The first kappa shape index (κ1) is 39.7. The molecular weight excluding hydrogens is 813 g/mol. The van der Waals surface area contributed by atoms with E-state index in [0.717, 1.165) is 100 Å². The summed E-state index contributed by atoms with van der Waals surface area (Å²) < 4.78 is 7.06. The summed E-state index contributed by atoms with van der Waals surface area (Å²) in [5.74, 6) is 0. The number of hydrogen-bond donors (Lipinski definition) is 0. The van der Waals surface area contributed by atoms with E-state index in [2.05, 4.69) is 277 Å². The first-order valence-corrected chi connectivity index (χ1v) is 22.8. The maximum atomic E-state index is 7.06. The SMILES string of the molecule is c1ccc(-c2ccc(N(c3ccccc3-c3ccccc3)c3ccc4oc5c6ccccc6ccc5c4c3N(c3ccc(-c4ccccc4)cc3)c3cccc(-c4ccccc4)c3)cc2)cc1. The van der Waals surface area contributed by atoms with Crippen molar-refractivity contribution in [2.75, 3.05) is 9.80 Å². The highest BCUT2D eigenvalue weighted by atomic mass is 16.3. The fourth-order valence-electron chi connectivity index (χ4n) is 9.64. The van der Waals surface area contributed by atoms with Crippen molar-refractivity contribution in [3.05, 3.63) is 267 Å². The van der Waals surface area contributed by atoms with Gasteiger partial charge in [-0.05, 0) is 105 Å². The number of furan rings is 1. The van der Waals surface area contributed by atoms with Crippen LogP contribution in [0.25, 0.3) is 77.2 Å². The maximum absolute atomic E-state index is 7.06. The van der Waals surface area contributed by atoms with E-state index in [1.807, 2.05) is 0 Å². The predicted molar refractivity (Wildman–Crippen MR) is 282 cm³/mol. The maximum Gasteiger partial charge on any atom is 0.143 e. The highest BCUT2D eigenvalue weighted by Crippen LogP contribution is 2.53. The molecule has 0 aliphatic rings. The molecule has 0 radical (unpaired) electrons. The smallest absolute Gasteiger partial charge is 0.143 e. The summed E-state index contributed by atoms with van der Waals surface area (Å²) >= 11 is 0. The van der Waals surface area contributed by atoms with Crippen molar-refractivity contribution in [3.8, 4) is 44.5 Å². The van der Waals surface area contributed by atoms with E-state index in [-0.39, 0.29) is 0 Å². The Kier molecular flexibility index (Phi) is 10.2. The van der Waals surface area contributed by atoms with Gasteiger partial charge in [0.1, 0.15) is 11.2 Å². The Bertz CT molecular complexity index is 3660. The molecule has 1 heterocycles. The van der Waals surface area contributed by atoms with Crippen LogP contribution >= 0.6 is 0 Å². The second-order valence-corrected chi connectivity index (χ2v) is 16.9. The van der Waals surface area contributed by atoms with Crippen LogP contribution in [-0.4, -0.2) is 0 Å². The van der Waals surface area contributed by atoms with Crippen LogP contribution < -0.4 is 9.80 Å². The van der Waals surface area contributed by atoms with Crippen molar-refractivity contribution >= 4 is 66.8 Å². The topological polar surface area (TPSA) is 19.6 Å². The van der Waals surface area contributed by atoms with Crippen LogP contribution in [0.15, 0.2) is 271 Å². The Balaban J connectivity index is 1.19. The van der Waals surface area contributed by atoms with E-state index < -0.39 is 0 Å². The van der Waals surface area contributed by atoms with Crippen molar-refractivity contribution in [2.24, 2.45) is 0 Å². The van der Waals surface area contributed by atoms with Crippen LogP contribution in [0.1, 0.15) is 0 Å². The highest BCUT2D eigenvalue weighted by molar-refractivity contribution is 6.22. The van der Waals surface area contributed by atoms with E-state index in [9.17, 15) is 0 Å². The van der Waals surface area contributed by atoms with Gasteiger partial charge in [0, 0.05) is 33.4 Å². The molecule has 0 amide bonds. The molecule has 0 bridgehead atoms. The fraction of sp³-hybridized carbons (Fsp3) is 0. The summed E-state index contributed by atoms with van der Waals surface area (Å²) in [6.45, 7) is 0. The van der Waals surface area contributed by atoms with Crippen LogP contribution in [0.5, 0.6) is 0 Å². The molecule has 67 heavy (non-hydrogen) atoms. The molecule has 12 rings (SSSR count). The Morgan fingerprint density at radius 2 is 0.791 bits per heavy atom. The van der Waals surface area contributed by atoms with Gasteiger partial charge < -0.3 is 14.2 Å². The van der Waals surface area contributed by atoms with Crippen molar-refractivity contribution in [3.63, 3.8) is 0 Å². The molecule has 0 spiro atoms. The zero-order chi connectivity index (χ0) is 44.5.